The molecule has 2 N–H and O–H groups in total. The zero-order chi connectivity index (χ0) is 16.4. The average molecular weight is 329 g/mol. The lowest BCUT2D eigenvalue weighted by Crippen LogP contribution is -2.31. The van der Waals surface area contributed by atoms with Gasteiger partial charge in [-0.3, -0.25) is 4.79 Å². The van der Waals surface area contributed by atoms with Crippen LogP contribution >= 0.6 is 11.3 Å². The Morgan fingerprint density at radius 3 is 2.70 bits per heavy atom. The molecule has 0 spiro atoms. The maximum absolute atomic E-state index is 12.4. The van der Waals surface area contributed by atoms with Crippen molar-refractivity contribution in [3.05, 3.63) is 57.3 Å². The summed E-state index contributed by atoms with van der Waals surface area (Å²) in [6.45, 7) is 2.06. The molecule has 1 saturated carbocycles. The quantitative estimate of drug-likeness (QED) is 0.851. The summed E-state index contributed by atoms with van der Waals surface area (Å²) in [4.78, 5) is 23.5. The highest BCUT2D eigenvalue weighted by Crippen LogP contribution is 2.41. The zero-order valence-electron chi connectivity index (χ0n) is 12.9. The summed E-state index contributed by atoms with van der Waals surface area (Å²) in [5.74, 6) is -0.491. The minimum absolute atomic E-state index is 0.0557. The summed E-state index contributed by atoms with van der Waals surface area (Å²) in [6, 6.07) is 9.78. The second-order valence-electron chi connectivity index (χ2n) is 6.04. The summed E-state index contributed by atoms with van der Waals surface area (Å²) < 4.78 is 0. The van der Waals surface area contributed by atoms with Gasteiger partial charge in [0, 0.05) is 0 Å². The van der Waals surface area contributed by atoms with E-state index in [1.807, 2.05) is 12.1 Å². The Kier molecular flexibility index (Phi) is 4.48. The van der Waals surface area contributed by atoms with Gasteiger partial charge in [0.1, 0.15) is 4.88 Å². The lowest BCUT2D eigenvalue weighted by Gasteiger charge is -2.20. The number of benzene rings is 1. The fraction of sp³-hybridized carbons (Fsp3) is 0.333. The van der Waals surface area contributed by atoms with Gasteiger partial charge in [-0.15, -0.1) is 11.3 Å². The summed E-state index contributed by atoms with van der Waals surface area (Å²) in [7, 11) is 0. The Morgan fingerprint density at radius 1 is 1.35 bits per heavy atom. The number of carboxylic acids is 1. The van der Waals surface area contributed by atoms with Crippen molar-refractivity contribution in [1.82, 2.24) is 5.32 Å². The van der Waals surface area contributed by atoms with Gasteiger partial charge in [-0.2, -0.15) is 0 Å². The molecule has 0 aliphatic heterocycles. The maximum Gasteiger partial charge on any atom is 0.345 e. The van der Waals surface area contributed by atoms with Gasteiger partial charge in [-0.05, 0) is 53.8 Å². The van der Waals surface area contributed by atoms with E-state index in [2.05, 4.69) is 24.4 Å². The van der Waals surface area contributed by atoms with Crippen LogP contribution in [0.2, 0.25) is 0 Å². The van der Waals surface area contributed by atoms with Gasteiger partial charge in [0.05, 0.1) is 12.5 Å². The number of hydrogen-bond donors (Lipinski definition) is 2. The Labute approximate surface area is 139 Å². The first-order valence-corrected chi connectivity index (χ1v) is 8.58. The van der Waals surface area contributed by atoms with Crippen LogP contribution in [0.4, 0.5) is 0 Å². The van der Waals surface area contributed by atoms with Crippen LogP contribution in [0.5, 0.6) is 0 Å². The predicted molar refractivity (Wildman–Crippen MR) is 89.8 cm³/mol. The zero-order valence-corrected chi connectivity index (χ0v) is 13.7. The molecule has 0 saturated heterocycles. The fourth-order valence-electron chi connectivity index (χ4n) is 2.81. The van der Waals surface area contributed by atoms with E-state index in [0.29, 0.717) is 5.92 Å². The van der Waals surface area contributed by atoms with Crippen LogP contribution in [-0.4, -0.2) is 17.0 Å². The minimum Gasteiger partial charge on any atom is -0.477 e. The van der Waals surface area contributed by atoms with Crippen LogP contribution in [0.1, 0.15) is 45.2 Å². The first-order chi connectivity index (χ1) is 11.0. The summed E-state index contributed by atoms with van der Waals surface area (Å²) in [5, 5.41) is 13.8. The number of carboxylic acid groups (broad SMARTS) is 1. The third kappa shape index (κ3) is 3.79. The third-order valence-corrected chi connectivity index (χ3v) is 5.13. The maximum atomic E-state index is 12.4. The first kappa shape index (κ1) is 15.7. The Hall–Kier alpha value is -2.14. The van der Waals surface area contributed by atoms with Gasteiger partial charge in [0.15, 0.2) is 0 Å². The summed E-state index contributed by atoms with van der Waals surface area (Å²) >= 11 is 1.16. The first-order valence-electron chi connectivity index (χ1n) is 7.70. The summed E-state index contributed by atoms with van der Waals surface area (Å²) in [6.07, 6.45) is 2.50. The molecular formula is C18H19NO3S. The number of nitrogens with one attached hydrogen (secondary N) is 1. The van der Waals surface area contributed by atoms with E-state index in [1.54, 1.807) is 11.4 Å². The molecule has 1 aliphatic rings. The van der Waals surface area contributed by atoms with Crippen molar-refractivity contribution in [2.75, 3.05) is 0 Å². The molecule has 2 aromatic rings. The lowest BCUT2D eigenvalue weighted by molar-refractivity contribution is -0.121. The molecule has 23 heavy (non-hydrogen) atoms. The van der Waals surface area contributed by atoms with Gasteiger partial charge < -0.3 is 10.4 Å². The molecule has 5 heteroatoms. The van der Waals surface area contributed by atoms with Gasteiger partial charge in [0.2, 0.25) is 5.91 Å². The Balaban J connectivity index is 1.69. The van der Waals surface area contributed by atoms with Gasteiger partial charge in [0.25, 0.3) is 0 Å². The van der Waals surface area contributed by atoms with Crippen molar-refractivity contribution >= 4 is 23.2 Å². The molecule has 1 aromatic carbocycles. The van der Waals surface area contributed by atoms with Gasteiger partial charge in [-0.25, -0.2) is 4.79 Å². The van der Waals surface area contributed by atoms with Crippen molar-refractivity contribution < 1.29 is 14.7 Å². The highest BCUT2D eigenvalue weighted by molar-refractivity contribution is 7.12. The largest absolute Gasteiger partial charge is 0.477 e. The standard InChI is InChI=1S/C18H19NO3S/c1-11-4-2-3-5-14(11)17(13-6-7-13)19-16(20)9-12-8-15(18(21)22)23-10-12/h2-5,8,10,13,17H,6-7,9H2,1H3,(H,19,20)(H,21,22). The van der Waals surface area contributed by atoms with Crippen LogP contribution in [0.25, 0.3) is 0 Å². The Morgan fingerprint density at radius 2 is 2.09 bits per heavy atom. The van der Waals surface area contributed by atoms with E-state index in [-0.39, 0.29) is 23.2 Å². The molecule has 1 aromatic heterocycles. The number of rotatable bonds is 6. The van der Waals surface area contributed by atoms with Crippen molar-refractivity contribution in [3.8, 4) is 0 Å². The molecule has 1 unspecified atom stereocenters. The topological polar surface area (TPSA) is 66.4 Å². The van der Waals surface area contributed by atoms with Crippen LogP contribution in [0.3, 0.4) is 0 Å². The molecule has 3 rings (SSSR count). The van der Waals surface area contributed by atoms with Crippen LogP contribution in [-0.2, 0) is 11.2 Å². The fourth-order valence-corrected chi connectivity index (χ4v) is 3.56. The molecule has 1 fully saturated rings. The van der Waals surface area contributed by atoms with Crippen LogP contribution < -0.4 is 5.32 Å². The smallest absolute Gasteiger partial charge is 0.345 e. The number of amides is 1. The van der Waals surface area contributed by atoms with E-state index >= 15 is 0 Å². The highest BCUT2D eigenvalue weighted by atomic mass is 32.1. The highest BCUT2D eigenvalue weighted by Gasteiger charge is 2.34. The van der Waals surface area contributed by atoms with Crippen molar-refractivity contribution in [3.63, 3.8) is 0 Å². The number of aromatic carboxylic acids is 1. The molecule has 1 heterocycles. The van der Waals surface area contributed by atoms with Gasteiger partial charge >= 0.3 is 5.97 Å². The summed E-state index contributed by atoms with van der Waals surface area (Å²) in [5.41, 5.74) is 3.12. The molecule has 1 amide bonds. The predicted octanol–water partition coefficient (Wildman–Crippen LogP) is 3.56. The SMILES string of the molecule is Cc1ccccc1C(NC(=O)Cc1csc(C(=O)O)c1)C1CC1. The van der Waals surface area contributed by atoms with E-state index in [0.717, 1.165) is 29.7 Å². The molecule has 4 nitrogen and oxygen atoms in total. The molecule has 1 aliphatic carbocycles. The second-order valence-corrected chi connectivity index (χ2v) is 6.95. The third-order valence-electron chi connectivity index (χ3n) is 4.16. The number of carbonyl (C=O) groups excluding carboxylic acids is 1. The molecule has 120 valence electrons. The van der Waals surface area contributed by atoms with Crippen molar-refractivity contribution in [2.24, 2.45) is 5.92 Å². The normalized spacial score (nSPS) is 15.2. The lowest BCUT2D eigenvalue weighted by atomic mass is 9.97. The van der Waals surface area contributed by atoms with Crippen LogP contribution in [0.15, 0.2) is 35.7 Å². The monoisotopic (exact) mass is 329 g/mol. The van der Waals surface area contributed by atoms with Crippen molar-refractivity contribution in [1.29, 1.82) is 0 Å². The molecular weight excluding hydrogens is 310 g/mol. The number of hydrogen-bond acceptors (Lipinski definition) is 3. The van der Waals surface area contributed by atoms with Gasteiger partial charge in [-0.1, -0.05) is 24.3 Å². The number of thiophene rings is 1. The van der Waals surface area contributed by atoms with E-state index in [9.17, 15) is 9.59 Å². The average Bonchev–Trinajstić information content (AvgIpc) is 3.25. The Bertz CT molecular complexity index is 733. The molecule has 0 bridgehead atoms. The number of carbonyl (C=O) groups is 2. The van der Waals surface area contributed by atoms with E-state index in [1.165, 1.54) is 11.1 Å². The van der Waals surface area contributed by atoms with E-state index in [4.69, 9.17) is 5.11 Å². The van der Waals surface area contributed by atoms with Crippen molar-refractivity contribution in [2.45, 2.75) is 32.2 Å². The molecule has 0 radical (unpaired) electrons. The van der Waals surface area contributed by atoms with E-state index < -0.39 is 5.97 Å². The number of aryl methyl sites for hydroxylation is 1. The molecule has 1 atom stereocenters. The second kappa shape index (κ2) is 6.54. The van der Waals surface area contributed by atoms with Crippen LogP contribution in [0, 0.1) is 12.8 Å². The minimum atomic E-state index is -0.947.